The third-order valence-corrected chi connectivity index (χ3v) is 10.0. The summed E-state index contributed by atoms with van der Waals surface area (Å²) >= 11 is 1.08. The van der Waals surface area contributed by atoms with E-state index in [0.717, 1.165) is 43.3 Å². The minimum atomic E-state index is -4.25. The molecule has 1 aromatic heterocycles. The summed E-state index contributed by atoms with van der Waals surface area (Å²) in [5.74, 6) is -0.353. The SMILES string of the molecule is CC(C)CCC1(C)CN(C2CCC2)C(=O)C(C2=NS(=O)(=O)c3c(CNS(C)(=O)=O)csc3N2)=C1O. The lowest BCUT2D eigenvalue weighted by atomic mass is 9.75. The molecule has 10 nitrogen and oxygen atoms in total. The Morgan fingerprint density at radius 1 is 1.37 bits per heavy atom. The van der Waals surface area contributed by atoms with Gasteiger partial charge in [0, 0.05) is 30.1 Å². The molecule has 4 rings (SSSR count). The molecule has 194 valence electrons. The van der Waals surface area contributed by atoms with E-state index in [9.17, 15) is 26.7 Å². The molecule has 2 aliphatic heterocycles. The molecule has 1 atom stereocenters. The molecule has 1 unspecified atom stereocenters. The summed E-state index contributed by atoms with van der Waals surface area (Å²) in [6.45, 7) is 6.27. The Bertz CT molecular complexity index is 1310. The number of amides is 1. The Morgan fingerprint density at radius 2 is 2.06 bits per heavy atom. The summed E-state index contributed by atoms with van der Waals surface area (Å²) in [6, 6.07) is 0.0655. The Morgan fingerprint density at radius 3 is 2.63 bits per heavy atom. The van der Waals surface area contributed by atoms with Crippen molar-refractivity contribution >= 4 is 48.1 Å². The van der Waals surface area contributed by atoms with Crippen LogP contribution in [-0.4, -0.2) is 57.4 Å². The molecule has 1 fully saturated rings. The largest absolute Gasteiger partial charge is 0.511 e. The normalized spacial score (nSPS) is 24.8. The molecular weight excluding hydrogens is 512 g/mol. The van der Waals surface area contributed by atoms with Crippen molar-refractivity contribution in [2.24, 2.45) is 15.7 Å². The van der Waals surface area contributed by atoms with E-state index in [1.807, 2.05) is 6.92 Å². The smallest absolute Gasteiger partial charge is 0.287 e. The fourth-order valence-corrected chi connectivity index (χ4v) is 7.59. The van der Waals surface area contributed by atoms with Crippen LogP contribution in [0.2, 0.25) is 0 Å². The molecule has 13 heteroatoms. The number of sulfonamides is 2. The van der Waals surface area contributed by atoms with Gasteiger partial charge in [-0.25, -0.2) is 13.1 Å². The second kappa shape index (κ2) is 9.16. The van der Waals surface area contributed by atoms with Crippen molar-refractivity contribution in [2.45, 2.75) is 70.4 Å². The first-order chi connectivity index (χ1) is 16.2. The maximum absolute atomic E-state index is 13.6. The topological polar surface area (TPSA) is 145 Å². The van der Waals surface area contributed by atoms with E-state index >= 15 is 0 Å². The van der Waals surface area contributed by atoms with Gasteiger partial charge in [0.2, 0.25) is 10.0 Å². The number of amidine groups is 1. The van der Waals surface area contributed by atoms with Crippen molar-refractivity contribution in [1.29, 1.82) is 0 Å². The first-order valence-corrected chi connectivity index (χ1v) is 15.8. The van der Waals surface area contributed by atoms with E-state index in [1.54, 1.807) is 4.90 Å². The van der Waals surface area contributed by atoms with Crippen molar-refractivity contribution in [1.82, 2.24) is 9.62 Å². The van der Waals surface area contributed by atoms with Crippen LogP contribution >= 0.6 is 11.3 Å². The fourth-order valence-electron chi connectivity index (χ4n) is 4.57. The number of aliphatic hydroxyl groups is 1. The molecule has 0 bridgehead atoms. The number of fused-ring (bicyclic) bond motifs is 1. The zero-order valence-corrected chi connectivity index (χ0v) is 22.7. The van der Waals surface area contributed by atoms with Crippen LogP contribution < -0.4 is 10.0 Å². The molecule has 0 spiro atoms. The number of nitrogens with one attached hydrogen (secondary N) is 2. The van der Waals surface area contributed by atoms with E-state index in [-0.39, 0.29) is 45.2 Å². The number of anilines is 1. The highest BCUT2D eigenvalue weighted by Gasteiger charge is 2.48. The molecule has 1 aliphatic carbocycles. The first-order valence-electron chi connectivity index (χ1n) is 11.6. The van der Waals surface area contributed by atoms with Gasteiger partial charge in [0.25, 0.3) is 15.9 Å². The van der Waals surface area contributed by atoms with E-state index in [4.69, 9.17) is 0 Å². The summed E-state index contributed by atoms with van der Waals surface area (Å²) in [6.07, 6.45) is 5.25. The number of rotatable bonds is 8. The Balaban J connectivity index is 1.75. The van der Waals surface area contributed by atoms with Gasteiger partial charge in [0.1, 0.15) is 21.2 Å². The second-order valence-electron chi connectivity index (χ2n) is 10.3. The zero-order valence-electron chi connectivity index (χ0n) is 20.3. The number of hydrogen-bond donors (Lipinski definition) is 3. The van der Waals surface area contributed by atoms with Crippen LogP contribution in [0.25, 0.3) is 0 Å². The molecule has 3 heterocycles. The van der Waals surface area contributed by atoms with Crippen LogP contribution in [0.5, 0.6) is 0 Å². The maximum atomic E-state index is 13.6. The van der Waals surface area contributed by atoms with Gasteiger partial charge in [0.15, 0.2) is 5.84 Å². The molecule has 1 saturated carbocycles. The number of carbonyl (C=O) groups is 1. The molecule has 1 aromatic rings. The minimum absolute atomic E-state index is 0.0655. The molecular formula is C22H32N4O6S3. The number of aliphatic hydroxyl groups excluding tert-OH is 1. The number of nitrogens with zero attached hydrogens (tertiary/aromatic N) is 2. The van der Waals surface area contributed by atoms with Gasteiger partial charge in [-0.15, -0.1) is 15.7 Å². The first kappa shape index (κ1) is 26.1. The lowest BCUT2D eigenvalue weighted by molar-refractivity contribution is -0.134. The number of hydrogen-bond acceptors (Lipinski definition) is 8. The highest BCUT2D eigenvalue weighted by Crippen LogP contribution is 2.44. The number of thiophene rings is 1. The maximum Gasteiger partial charge on any atom is 0.287 e. The summed E-state index contributed by atoms with van der Waals surface area (Å²) < 4.78 is 55.5. The monoisotopic (exact) mass is 544 g/mol. The average molecular weight is 545 g/mol. The standard InChI is InChI=1S/C22H32N4O6S3/c1-13(2)8-9-22(3)12-26(15-6-5-7-15)21(28)16(18(22)27)19-24-20-17(35(31,32)25-19)14(11-33-20)10-23-34(4,29)30/h11,13,15,23,27H,5-10,12H2,1-4H3,(H,24,25). The van der Waals surface area contributed by atoms with Crippen molar-refractivity contribution in [2.75, 3.05) is 18.1 Å². The van der Waals surface area contributed by atoms with Crippen molar-refractivity contribution in [3.63, 3.8) is 0 Å². The Labute approximate surface area is 210 Å². The summed E-state index contributed by atoms with van der Waals surface area (Å²) in [4.78, 5) is 15.2. The van der Waals surface area contributed by atoms with E-state index in [0.29, 0.717) is 18.9 Å². The highest BCUT2D eigenvalue weighted by molar-refractivity contribution is 7.91. The van der Waals surface area contributed by atoms with Gasteiger partial charge >= 0.3 is 0 Å². The molecule has 0 radical (unpaired) electrons. The van der Waals surface area contributed by atoms with Crippen LogP contribution in [-0.2, 0) is 31.4 Å². The van der Waals surface area contributed by atoms with Crippen molar-refractivity contribution in [3.05, 3.63) is 22.3 Å². The molecule has 35 heavy (non-hydrogen) atoms. The second-order valence-corrected chi connectivity index (χ2v) is 14.5. The lowest BCUT2D eigenvalue weighted by Gasteiger charge is -2.47. The third kappa shape index (κ3) is 5.13. The minimum Gasteiger partial charge on any atom is -0.511 e. The molecule has 3 N–H and O–H groups in total. The van der Waals surface area contributed by atoms with Crippen molar-refractivity contribution < 1.29 is 26.7 Å². The van der Waals surface area contributed by atoms with Gasteiger partial charge < -0.3 is 15.3 Å². The van der Waals surface area contributed by atoms with Gasteiger partial charge in [-0.3, -0.25) is 4.79 Å². The molecule has 0 aromatic carbocycles. The van der Waals surface area contributed by atoms with Gasteiger partial charge in [-0.05, 0) is 43.4 Å². The van der Waals surface area contributed by atoms with E-state index in [1.165, 1.54) is 5.38 Å². The van der Waals surface area contributed by atoms with Gasteiger partial charge in [-0.1, -0.05) is 20.8 Å². The van der Waals surface area contributed by atoms with E-state index in [2.05, 4.69) is 28.3 Å². The average Bonchev–Trinajstić information content (AvgIpc) is 3.11. The van der Waals surface area contributed by atoms with Crippen molar-refractivity contribution in [3.8, 4) is 0 Å². The van der Waals surface area contributed by atoms with Gasteiger partial charge in [-0.2, -0.15) is 8.42 Å². The molecule has 3 aliphatic rings. The van der Waals surface area contributed by atoms with E-state index < -0.39 is 31.4 Å². The van der Waals surface area contributed by atoms with Crippen LogP contribution in [0.1, 0.15) is 58.4 Å². The highest BCUT2D eigenvalue weighted by atomic mass is 32.2. The summed E-state index contributed by atoms with van der Waals surface area (Å²) in [7, 11) is -7.78. The van der Waals surface area contributed by atoms with Crippen LogP contribution in [0, 0.1) is 11.3 Å². The predicted molar refractivity (Wildman–Crippen MR) is 135 cm³/mol. The molecule has 0 saturated heterocycles. The summed E-state index contributed by atoms with van der Waals surface area (Å²) in [5.41, 5.74) is -0.568. The quantitative estimate of drug-likeness (QED) is 0.456. The van der Waals surface area contributed by atoms with Crippen LogP contribution in [0.15, 0.2) is 26.0 Å². The third-order valence-electron chi connectivity index (χ3n) is 6.87. The fraction of sp³-hybridized carbons (Fsp3) is 0.636. The lowest BCUT2D eigenvalue weighted by Crippen LogP contribution is -2.55. The number of carbonyl (C=O) groups excluding carboxylic acids is 1. The zero-order chi connectivity index (χ0) is 25.8. The predicted octanol–water partition coefficient (Wildman–Crippen LogP) is 2.96. The van der Waals surface area contributed by atoms with Crippen LogP contribution in [0.4, 0.5) is 5.00 Å². The summed E-state index contributed by atoms with van der Waals surface area (Å²) in [5, 5.41) is 16.1. The Kier molecular flexibility index (Phi) is 6.84. The molecule has 1 amide bonds. The van der Waals surface area contributed by atoms with Crippen LogP contribution in [0.3, 0.4) is 0 Å². The Hall–Kier alpha value is -1.96. The van der Waals surface area contributed by atoms with Gasteiger partial charge in [0.05, 0.1) is 6.26 Å².